The van der Waals surface area contributed by atoms with Crippen molar-refractivity contribution in [2.75, 3.05) is 12.4 Å². The summed E-state index contributed by atoms with van der Waals surface area (Å²) >= 11 is 12.0. The van der Waals surface area contributed by atoms with Crippen LogP contribution in [0.25, 0.3) is 6.08 Å². The number of methoxy groups -OCH3 is 1. The van der Waals surface area contributed by atoms with Gasteiger partial charge in [-0.15, -0.1) is 0 Å². The Balaban J connectivity index is 2.29. The molecule has 0 aliphatic heterocycles. The molecule has 140 valence electrons. The standard InChI is InChI=1S/C18H11Cl2F3N2O2/c1-27-16-14(19)6-10(7-15(16)20)5-11(9-24)17(26)25-13-4-2-3-12(8-13)18(21,22)23/h2-8H,1H3,(H,25,26)/b11-5+. The Bertz CT molecular complexity index is 927. The number of nitrogens with zero attached hydrogens (tertiary/aromatic N) is 1. The zero-order valence-corrected chi connectivity index (χ0v) is 15.2. The number of halogens is 5. The first-order valence-corrected chi connectivity index (χ1v) is 8.04. The van der Waals surface area contributed by atoms with Crippen molar-refractivity contribution in [3.63, 3.8) is 0 Å². The number of amides is 1. The van der Waals surface area contributed by atoms with Gasteiger partial charge < -0.3 is 10.1 Å². The van der Waals surface area contributed by atoms with E-state index in [1.807, 2.05) is 0 Å². The molecule has 2 aromatic rings. The number of carbonyl (C=O) groups is 1. The minimum absolute atomic E-state index is 0.0956. The third kappa shape index (κ3) is 5.16. The van der Waals surface area contributed by atoms with Crippen LogP contribution in [0.1, 0.15) is 11.1 Å². The molecule has 0 aliphatic carbocycles. The van der Waals surface area contributed by atoms with Gasteiger partial charge in [0.05, 0.1) is 22.7 Å². The summed E-state index contributed by atoms with van der Waals surface area (Å²) in [5.41, 5.74) is -1.01. The third-order valence-corrected chi connectivity index (χ3v) is 3.91. The number of anilines is 1. The molecular formula is C18H11Cl2F3N2O2. The molecule has 0 unspecified atom stereocenters. The molecule has 0 aliphatic rings. The molecule has 1 amide bonds. The lowest BCUT2D eigenvalue weighted by atomic mass is 10.1. The number of alkyl halides is 3. The molecule has 4 nitrogen and oxygen atoms in total. The van der Waals surface area contributed by atoms with E-state index in [9.17, 15) is 23.2 Å². The number of nitriles is 1. The quantitative estimate of drug-likeness (QED) is 0.525. The van der Waals surface area contributed by atoms with Crippen molar-refractivity contribution in [1.29, 1.82) is 5.26 Å². The van der Waals surface area contributed by atoms with Crippen LogP contribution in [0.15, 0.2) is 42.0 Å². The van der Waals surface area contributed by atoms with Crippen LogP contribution in [0.2, 0.25) is 10.0 Å². The highest BCUT2D eigenvalue weighted by atomic mass is 35.5. The van der Waals surface area contributed by atoms with Gasteiger partial charge in [-0.25, -0.2) is 0 Å². The van der Waals surface area contributed by atoms with Crippen molar-refractivity contribution < 1.29 is 22.7 Å². The van der Waals surface area contributed by atoms with Crippen LogP contribution < -0.4 is 10.1 Å². The van der Waals surface area contributed by atoms with E-state index in [1.54, 1.807) is 6.07 Å². The molecule has 0 fully saturated rings. The Kier molecular flexibility index (Phi) is 6.37. The van der Waals surface area contributed by atoms with E-state index in [0.29, 0.717) is 5.56 Å². The highest BCUT2D eigenvalue weighted by Crippen LogP contribution is 2.34. The summed E-state index contributed by atoms with van der Waals surface area (Å²) in [7, 11) is 1.38. The fourth-order valence-electron chi connectivity index (χ4n) is 2.14. The zero-order valence-electron chi connectivity index (χ0n) is 13.7. The monoisotopic (exact) mass is 414 g/mol. The second-order valence-electron chi connectivity index (χ2n) is 5.22. The summed E-state index contributed by atoms with van der Waals surface area (Å²) in [6.45, 7) is 0. The molecule has 9 heteroatoms. The Morgan fingerprint density at radius 2 is 1.85 bits per heavy atom. The Morgan fingerprint density at radius 1 is 1.22 bits per heavy atom. The number of benzene rings is 2. The maximum Gasteiger partial charge on any atom is 0.416 e. The number of nitrogens with one attached hydrogen (secondary N) is 1. The van der Waals surface area contributed by atoms with Crippen LogP contribution >= 0.6 is 23.2 Å². The van der Waals surface area contributed by atoms with E-state index >= 15 is 0 Å². The van der Waals surface area contributed by atoms with Crippen molar-refractivity contribution in [3.05, 3.63) is 63.1 Å². The molecule has 1 N–H and O–H groups in total. The molecule has 2 aromatic carbocycles. The highest BCUT2D eigenvalue weighted by Gasteiger charge is 2.30. The summed E-state index contributed by atoms with van der Waals surface area (Å²) in [5.74, 6) is -0.637. The van der Waals surface area contributed by atoms with Gasteiger partial charge in [-0.05, 0) is 42.0 Å². The minimum Gasteiger partial charge on any atom is -0.494 e. The largest absolute Gasteiger partial charge is 0.494 e. The molecule has 0 aromatic heterocycles. The van der Waals surface area contributed by atoms with Crippen LogP contribution in [0, 0.1) is 11.3 Å². The third-order valence-electron chi connectivity index (χ3n) is 3.35. The van der Waals surface area contributed by atoms with Gasteiger partial charge in [-0.3, -0.25) is 4.79 Å². The van der Waals surface area contributed by atoms with Gasteiger partial charge in [0, 0.05) is 5.69 Å². The normalized spacial score (nSPS) is 11.7. The predicted octanol–water partition coefficient (Wildman–Crippen LogP) is 5.57. The highest BCUT2D eigenvalue weighted by molar-refractivity contribution is 6.37. The number of ether oxygens (including phenoxy) is 1. The minimum atomic E-state index is -4.55. The van der Waals surface area contributed by atoms with Gasteiger partial charge in [-0.2, -0.15) is 18.4 Å². The van der Waals surface area contributed by atoms with E-state index in [4.69, 9.17) is 27.9 Å². The Labute approximate surface area is 162 Å². The maximum absolute atomic E-state index is 12.7. The lowest BCUT2D eigenvalue weighted by Crippen LogP contribution is -2.14. The van der Waals surface area contributed by atoms with Gasteiger partial charge in [0.1, 0.15) is 11.6 Å². The molecule has 0 radical (unpaired) electrons. The first-order valence-electron chi connectivity index (χ1n) is 7.29. The smallest absolute Gasteiger partial charge is 0.416 e. The summed E-state index contributed by atoms with van der Waals surface area (Å²) in [5, 5.41) is 11.8. The topological polar surface area (TPSA) is 62.1 Å². The van der Waals surface area contributed by atoms with E-state index in [-0.39, 0.29) is 27.1 Å². The average molecular weight is 415 g/mol. The van der Waals surface area contributed by atoms with E-state index < -0.39 is 17.6 Å². The van der Waals surface area contributed by atoms with Crippen LogP contribution in [0.5, 0.6) is 5.75 Å². The van der Waals surface area contributed by atoms with E-state index in [2.05, 4.69) is 5.32 Å². The van der Waals surface area contributed by atoms with Gasteiger partial charge in [0.2, 0.25) is 0 Å². The summed E-state index contributed by atoms with van der Waals surface area (Å²) in [4.78, 5) is 12.2. The molecule has 0 bridgehead atoms. The first kappa shape index (κ1) is 20.6. The second kappa shape index (κ2) is 8.33. The molecule has 0 heterocycles. The van der Waals surface area contributed by atoms with Crippen molar-refractivity contribution in [3.8, 4) is 11.8 Å². The van der Waals surface area contributed by atoms with Crippen molar-refractivity contribution >= 4 is 40.9 Å². The van der Waals surface area contributed by atoms with Crippen LogP contribution in [-0.4, -0.2) is 13.0 Å². The average Bonchev–Trinajstić information content (AvgIpc) is 2.59. The maximum atomic E-state index is 12.7. The van der Waals surface area contributed by atoms with Gasteiger partial charge in [0.25, 0.3) is 5.91 Å². The lowest BCUT2D eigenvalue weighted by molar-refractivity contribution is -0.137. The number of hydrogen-bond acceptors (Lipinski definition) is 3. The van der Waals surface area contributed by atoms with E-state index in [0.717, 1.165) is 18.2 Å². The molecule has 0 saturated carbocycles. The Hall–Kier alpha value is -2.69. The summed E-state index contributed by atoms with van der Waals surface area (Å²) < 4.78 is 43.2. The lowest BCUT2D eigenvalue weighted by Gasteiger charge is -2.10. The van der Waals surface area contributed by atoms with Crippen molar-refractivity contribution in [2.45, 2.75) is 6.18 Å². The number of hydrogen-bond donors (Lipinski definition) is 1. The number of carbonyl (C=O) groups excluding carboxylic acids is 1. The van der Waals surface area contributed by atoms with Crippen LogP contribution in [0.4, 0.5) is 18.9 Å². The molecule has 27 heavy (non-hydrogen) atoms. The molecule has 0 saturated heterocycles. The first-order chi connectivity index (χ1) is 12.7. The van der Waals surface area contributed by atoms with Crippen molar-refractivity contribution in [1.82, 2.24) is 0 Å². The number of rotatable bonds is 4. The van der Waals surface area contributed by atoms with Crippen LogP contribution in [-0.2, 0) is 11.0 Å². The second-order valence-corrected chi connectivity index (χ2v) is 6.03. The molecule has 2 rings (SSSR count). The van der Waals surface area contributed by atoms with Gasteiger partial charge in [-0.1, -0.05) is 29.3 Å². The van der Waals surface area contributed by atoms with Gasteiger partial charge >= 0.3 is 6.18 Å². The summed E-state index contributed by atoms with van der Waals surface area (Å²) in [6.07, 6.45) is -3.34. The molecule has 0 spiro atoms. The van der Waals surface area contributed by atoms with Gasteiger partial charge in [0.15, 0.2) is 5.75 Å². The zero-order chi connectivity index (χ0) is 20.2. The Morgan fingerprint density at radius 3 is 2.37 bits per heavy atom. The van der Waals surface area contributed by atoms with E-state index in [1.165, 1.54) is 31.4 Å². The fraction of sp³-hybridized carbons (Fsp3) is 0.111. The molecule has 0 atom stereocenters. The molecular weight excluding hydrogens is 404 g/mol. The summed E-state index contributed by atoms with van der Waals surface area (Å²) in [6, 6.07) is 8.63. The SMILES string of the molecule is COc1c(Cl)cc(/C=C(\C#N)C(=O)Nc2cccc(C(F)(F)F)c2)cc1Cl. The fourth-order valence-corrected chi connectivity index (χ4v) is 2.80. The van der Waals surface area contributed by atoms with Crippen LogP contribution in [0.3, 0.4) is 0 Å². The predicted molar refractivity (Wildman–Crippen MR) is 96.7 cm³/mol. The van der Waals surface area contributed by atoms with Crippen molar-refractivity contribution in [2.24, 2.45) is 0 Å².